The van der Waals surface area contributed by atoms with Crippen LogP contribution in [0.2, 0.25) is 0 Å². The fourth-order valence-electron chi connectivity index (χ4n) is 2.37. The maximum atomic E-state index is 6.16. The minimum Gasteiger partial charge on any atom is -0.295 e. The highest BCUT2D eigenvalue weighted by atomic mass is 35.9. The fraction of sp³-hybridized carbons (Fsp3) is 0.294. The van der Waals surface area contributed by atoms with Crippen LogP contribution in [-0.4, -0.2) is 11.4 Å². The Morgan fingerprint density at radius 2 is 1.71 bits per heavy atom. The van der Waals surface area contributed by atoms with Crippen molar-refractivity contribution >= 4 is 34.4 Å². The average Bonchev–Trinajstić information content (AvgIpc) is 2.47. The Balaban J connectivity index is 2.16. The molecule has 0 aliphatic rings. The van der Waals surface area contributed by atoms with Gasteiger partial charge in [0.2, 0.25) is 0 Å². The van der Waals surface area contributed by atoms with Crippen molar-refractivity contribution in [2.75, 3.05) is 6.54 Å². The summed E-state index contributed by atoms with van der Waals surface area (Å²) in [7, 11) is 0. The molecule has 21 heavy (non-hydrogen) atoms. The van der Waals surface area contributed by atoms with Crippen LogP contribution < -0.4 is 5.30 Å². The number of hydrogen-bond donors (Lipinski definition) is 0. The average molecular weight is 340 g/mol. The van der Waals surface area contributed by atoms with Crippen molar-refractivity contribution in [2.45, 2.75) is 26.9 Å². The van der Waals surface area contributed by atoms with Crippen LogP contribution in [0.15, 0.2) is 48.5 Å². The third kappa shape index (κ3) is 4.97. The maximum Gasteiger partial charge on any atom is 0.117 e. The quantitative estimate of drug-likeness (QED) is 0.634. The van der Waals surface area contributed by atoms with Gasteiger partial charge in [-0.2, -0.15) is 0 Å². The summed E-state index contributed by atoms with van der Waals surface area (Å²) < 4.78 is 0. The molecule has 0 bridgehead atoms. The van der Waals surface area contributed by atoms with Gasteiger partial charge in [0.25, 0.3) is 0 Å². The molecule has 0 amide bonds. The Labute approximate surface area is 138 Å². The van der Waals surface area contributed by atoms with E-state index in [0.29, 0.717) is 0 Å². The summed E-state index contributed by atoms with van der Waals surface area (Å²) >= 11 is 12.3. The molecule has 2 rings (SSSR count). The third-order valence-corrected chi connectivity index (χ3v) is 5.40. The Bertz CT molecular complexity index is 572. The van der Waals surface area contributed by atoms with Crippen molar-refractivity contribution in [3.8, 4) is 0 Å². The molecule has 0 fully saturated rings. The SMILES string of the molecule is CCN(Cc1ccccc1)Cc1cc(C)ccc1P(Cl)Cl. The normalized spacial score (nSPS) is 11.3. The summed E-state index contributed by atoms with van der Waals surface area (Å²) in [5.74, 6) is 0. The van der Waals surface area contributed by atoms with E-state index in [1.54, 1.807) is 0 Å². The Morgan fingerprint density at radius 1 is 1.00 bits per heavy atom. The molecule has 0 atom stereocenters. The minimum absolute atomic E-state index is 0.876. The molecular formula is C17H20Cl2NP. The molecule has 2 aromatic carbocycles. The molecule has 0 unspecified atom stereocenters. The van der Waals surface area contributed by atoms with Gasteiger partial charge in [-0.15, -0.1) is 0 Å². The van der Waals surface area contributed by atoms with Crippen LogP contribution in [0.1, 0.15) is 23.6 Å². The maximum absolute atomic E-state index is 6.16. The lowest BCUT2D eigenvalue weighted by atomic mass is 10.1. The van der Waals surface area contributed by atoms with Crippen LogP contribution >= 0.6 is 29.1 Å². The van der Waals surface area contributed by atoms with Gasteiger partial charge in [-0.05, 0) is 24.6 Å². The predicted octanol–water partition coefficient (Wildman–Crippen LogP) is 5.43. The number of rotatable bonds is 6. The van der Waals surface area contributed by atoms with Crippen molar-refractivity contribution in [2.24, 2.45) is 0 Å². The zero-order chi connectivity index (χ0) is 15.2. The monoisotopic (exact) mass is 339 g/mol. The molecule has 0 saturated carbocycles. The predicted molar refractivity (Wildman–Crippen MR) is 95.7 cm³/mol. The van der Waals surface area contributed by atoms with Gasteiger partial charge in [0, 0.05) is 18.4 Å². The van der Waals surface area contributed by atoms with Gasteiger partial charge in [-0.25, -0.2) is 0 Å². The number of hydrogen-bond acceptors (Lipinski definition) is 1. The van der Waals surface area contributed by atoms with Crippen LogP contribution in [0.3, 0.4) is 0 Å². The molecule has 112 valence electrons. The zero-order valence-electron chi connectivity index (χ0n) is 12.4. The number of aryl methyl sites for hydroxylation is 1. The molecule has 0 N–H and O–H groups in total. The van der Waals surface area contributed by atoms with Crippen molar-refractivity contribution in [3.63, 3.8) is 0 Å². The van der Waals surface area contributed by atoms with Crippen molar-refractivity contribution in [1.82, 2.24) is 4.90 Å². The Kier molecular flexibility index (Phi) is 6.51. The van der Waals surface area contributed by atoms with E-state index in [9.17, 15) is 0 Å². The van der Waals surface area contributed by atoms with Crippen LogP contribution in [0, 0.1) is 6.92 Å². The first-order valence-corrected chi connectivity index (χ1v) is 10.2. The lowest BCUT2D eigenvalue weighted by molar-refractivity contribution is 0.272. The van der Waals surface area contributed by atoms with E-state index in [1.807, 2.05) is 6.07 Å². The van der Waals surface area contributed by atoms with Gasteiger partial charge in [0.1, 0.15) is 6.63 Å². The zero-order valence-corrected chi connectivity index (χ0v) is 14.8. The summed E-state index contributed by atoms with van der Waals surface area (Å²) in [6.45, 7) is 5.98. The second-order valence-electron chi connectivity index (χ2n) is 5.15. The van der Waals surface area contributed by atoms with Crippen LogP contribution in [-0.2, 0) is 13.1 Å². The van der Waals surface area contributed by atoms with Crippen LogP contribution in [0.4, 0.5) is 0 Å². The van der Waals surface area contributed by atoms with Crippen LogP contribution in [0.25, 0.3) is 0 Å². The summed E-state index contributed by atoms with van der Waals surface area (Å²) in [6, 6.07) is 16.9. The number of nitrogens with zero attached hydrogens (tertiary/aromatic N) is 1. The fourth-order valence-corrected chi connectivity index (χ4v) is 3.90. The molecule has 0 aliphatic heterocycles. The summed E-state index contributed by atoms with van der Waals surface area (Å²) in [4.78, 5) is 2.40. The summed E-state index contributed by atoms with van der Waals surface area (Å²) in [5, 5.41) is 1.07. The van der Waals surface area contributed by atoms with E-state index in [1.165, 1.54) is 16.7 Å². The van der Waals surface area contributed by atoms with E-state index < -0.39 is 6.63 Å². The smallest absolute Gasteiger partial charge is 0.117 e. The lowest BCUT2D eigenvalue weighted by Gasteiger charge is -2.22. The van der Waals surface area contributed by atoms with E-state index in [2.05, 4.69) is 61.2 Å². The Hall–Kier alpha value is -0.590. The molecule has 0 aliphatic carbocycles. The third-order valence-electron chi connectivity index (χ3n) is 3.51. The highest BCUT2D eigenvalue weighted by Crippen LogP contribution is 2.46. The van der Waals surface area contributed by atoms with Crippen molar-refractivity contribution in [1.29, 1.82) is 0 Å². The molecular weight excluding hydrogens is 320 g/mol. The standard InChI is InChI=1S/C17H20Cl2NP/c1-3-20(12-15-7-5-4-6-8-15)13-16-11-14(2)9-10-17(16)21(18)19/h4-11H,3,12-13H2,1-2H3. The van der Waals surface area contributed by atoms with Crippen molar-refractivity contribution in [3.05, 3.63) is 65.2 Å². The van der Waals surface area contributed by atoms with Gasteiger partial charge in [0.05, 0.1) is 0 Å². The molecule has 0 aromatic heterocycles. The second kappa shape index (κ2) is 8.15. The van der Waals surface area contributed by atoms with E-state index in [4.69, 9.17) is 22.5 Å². The lowest BCUT2D eigenvalue weighted by Crippen LogP contribution is -2.25. The van der Waals surface area contributed by atoms with Gasteiger partial charge >= 0.3 is 0 Å². The van der Waals surface area contributed by atoms with Gasteiger partial charge in [-0.1, -0.05) is 83.5 Å². The first kappa shape index (κ1) is 16.8. The molecule has 0 saturated heterocycles. The van der Waals surface area contributed by atoms with Gasteiger partial charge in [-0.3, -0.25) is 4.90 Å². The number of benzene rings is 2. The minimum atomic E-state index is -1.11. The van der Waals surface area contributed by atoms with Gasteiger partial charge in [0.15, 0.2) is 0 Å². The summed E-state index contributed by atoms with van der Waals surface area (Å²) in [5.41, 5.74) is 3.81. The molecule has 0 spiro atoms. The molecule has 2 aromatic rings. The Morgan fingerprint density at radius 3 is 2.33 bits per heavy atom. The topological polar surface area (TPSA) is 3.24 Å². The largest absolute Gasteiger partial charge is 0.295 e. The first-order chi connectivity index (χ1) is 10.1. The highest BCUT2D eigenvalue weighted by Gasteiger charge is 2.13. The van der Waals surface area contributed by atoms with Gasteiger partial charge < -0.3 is 0 Å². The highest BCUT2D eigenvalue weighted by molar-refractivity contribution is 8.08. The van der Waals surface area contributed by atoms with E-state index in [-0.39, 0.29) is 0 Å². The van der Waals surface area contributed by atoms with Crippen LogP contribution in [0.5, 0.6) is 0 Å². The van der Waals surface area contributed by atoms with Crippen molar-refractivity contribution < 1.29 is 0 Å². The summed E-state index contributed by atoms with van der Waals surface area (Å²) in [6.07, 6.45) is 0. The first-order valence-electron chi connectivity index (χ1n) is 7.07. The molecule has 0 radical (unpaired) electrons. The number of halogens is 2. The van der Waals surface area contributed by atoms with E-state index >= 15 is 0 Å². The molecule has 1 nitrogen and oxygen atoms in total. The molecule has 0 heterocycles. The molecule has 4 heteroatoms. The van der Waals surface area contributed by atoms with E-state index in [0.717, 1.165) is 24.9 Å². The second-order valence-corrected chi connectivity index (χ2v) is 8.65.